The number of nitrogen functional groups attached to an aromatic ring is 1. The molecular weight excluding hydrogens is 187 g/mol. The highest BCUT2D eigenvalue weighted by atomic mass is 19.1. The van der Waals surface area contributed by atoms with Crippen molar-refractivity contribution in [3.63, 3.8) is 0 Å². The van der Waals surface area contributed by atoms with E-state index in [1.807, 2.05) is 0 Å². The average Bonchev–Trinajstić information content (AvgIpc) is 2.01. The minimum absolute atomic E-state index is 0.224. The van der Waals surface area contributed by atoms with Gasteiger partial charge in [0, 0.05) is 12.7 Å². The van der Waals surface area contributed by atoms with Crippen LogP contribution in [0, 0.1) is 5.82 Å². The Morgan fingerprint density at radius 1 is 1.64 bits per heavy atom. The minimum Gasteiger partial charge on any atom is -0.480 e. The van der Waals surface area contributed by atoms with Crippen molar-refractivity contribution in [3.8, 4) is 0 Å². The Bertz CT molecular complexity index is 355. The Labute approximate surface area is 80.7 Å². The fourth-order valence-corrected chi connectivity index (χ4v) is 1.12. The highest BCUT2D eigenvalue weighted by molar-refractivity contribution is 5.73. The largest absolute Gasteiger partial charge is 0.480 e. The second kappa shape index (κ2) is 3.95. The second-order valence-electron chi connectivity index (χ2n) is 2.96. The summed E-state index contributed by atoms with van der Waals surface area (Å²) in [4.78, 5) is 11.7. The summed E-state index contributed by atoms with van der Waals surface area (Å²) < 4.78 is 13.2. The van der Waals surface area contributed by atoms with Crippen molar-refractivity contribution in [2.45, 2.75) is 0 Å². The molecule has 0 aromatic heterocycles. The Hall–Kier alpha value is -1.78. The lowest BCUT2D eigenvalue weighted by Crippen LogP contribution is -2.25. The Balaban J connectivity index is 2.90. The first-order valence-corrected chi connectivity index (χ1v) is 3.98. The topological polar surface area (TPSA) is 66.6 Å². The first-order chi connectivity index (χ1) is 6.50. The van der Waals surface area contributed by atoms with Crippen LogP contribution in [-0.2, 0) is 4.79 Å². The first kappa shape index (κ1) is 10.3. The van der Waals surface area contributed by atoms with Crippen LogP contribution in [0.5, 0.6) is 0 Å². The average molecular weight is 198 g/mol. The smallest absolute Gasteiger partial charge is 0.323 e. The zero-order valence-corrected chi connectivity index (χ0v) is 7.70. The molecule has 1 aromatic carbocycles. The molecule has 1 aromatic rings. The molecule has 0 bridgehead atoms. The van der Waals surface area contributed by atoms with Crippen LogP contribution in [0.15, 0.2) is 18.2 Å². The maximum absolute atomic E-state index is 13.2. The number of carboxylic acid groups (broad SMARTS) is 1. The van der Waals surface area contributed by atoms with Crippen LogP contribution < -0.4 is 10.6 Å². The second-order valence-corrected chi connectivity index (χ2v) is 2.96. The molecule has 1 rings (SSSR count). The Morgan fingerprint density at radius 3 is 2.79 bits per heavy atom. The van der Waals surface area contributed by atoms with Gasteiger partial charge in [0.05, 0.1) is 5.69 Å². The quantitative estimate of drug-likeness (QED) is 0.709. The molecule has 0 unspecified atom stereocenters. The zero-order valence-electron chi connectivity index (χ0n) is 7.70. The predicted molar refractivity (Wildman–Crippen MR) is 51.7 cm³/mol. The van der Waals surface area contributed by atoms with E-state index >= 15 is 0 Å². The van der Waals surface area contributed by atoms with Crippen molar-refractivity contribution < 1.29 is 14.3 Å². The highest BCUT2D eigenvalue weighted by Crippen LogP contribution is 2.19. The predicted octanol–water partition coefficient (Wildman–Crippen LogP) is 0.929. The van der Waals surface area contributed by atoms with Gasteiger partial charge in [-0.3, -0.25) is 4.79 Å². The van der Waals surface area contributed by atoms with Crippen molar-refractivity contribution in [3.05, 3.63) is 24.0 Å². The number of anilines is 2. The van der Waals surface area contributed by atoms with Gasteiger partial charge in [0.15, 0.2) is 0 Å². The number of aliphatic carboxylic acids is 1. The Kier molecular flexibility index (Phi) is 2.91. The molecule has 0 radical (unpaired) electrons. The minimum atomic E-state index is -1.01. The van der Waals surface area contributed by atoms with E-state index in [4.69, 9.17) is 10.8 Å². The molecule has 0 saturated heterocycles. The number of hydrogen-bond donors (Lipinski definition) is 2. The van der Waals surface area contributed by atoms with E-state index in [2.05, 4.69) is 0 Å². The molecule has 0 heterocycles. The van der Waals surface area contributed by atoms with E-state index in [0.29, 0.717) is 5.69 Å². The normalized spacial score (nSPS) is 9.86. The molecule has 76 valence electrons. The number of halogens is 1. The van der Waals surface area contributed by atoms with E-state index in [-0.39, 0.29) is 12.2 Å². The van der Waals surface area contributed by atoms with Crippen LogP contribution in [-0.4, -0.2) is 24.7 Å². The lowest BCUT2D eigenvalue weighted by molar-refractivity contribution is -0.135. The number of rotatable bonds is 3. The first-order valence-electron chi connectivity index (χ1n) is 3.98. The van der Waals surface area contributed by atoms with E-state index < -0.39 is 11.8 Å². The maximum atomic E-state index is 13.2. The standard InChI is InChI=1S/C9H11FN2O2/c1-12(5-9(13)14)8-3-2-6(11)4-7(8)10/h2-4H,5,11H2,1H3,(H,13,14). The van der Waals surface area contributed by atoms with Gasteiger partial charge < -0.3 is 15.7 Å². The number of nitrogens with two attached hydrogens (primary N) is 1. The molecule has 0 amide bonds. The molecule has 14 heavy (non-hydrogen) atoms. The van der Waals surface area contributed by atoms with Gasteiger partial charge in [-0.2, -0.15) is 0 Å². The van der Waals surface area contributed by atoms with Crippen molar-refractivity contribution in [2.24, 2.45) is 0 Å². The van der Waals surface area contributed by atoms with Crippen molar-refractivity contribution in [2.75, 3.05) is 24.2 Å². The number of carboxylic acids is 1. The van der Waals surface area contributed by atoms with Crippen LogP contribution >= 0.6 is 0 Å². The summed E-state index contributed by atoms with van der Waals surface area (Å²) >= 11 is 0. The lowest BCUT2D eigenvalue weighted by atomic mass is 10.2. The molecule has 0 saturated carbocycles. The van der Waals surface area contributed by atoms with Crippen LogP contribution in [0.2, 0.25) is 0 Å². The van der Waals surface area contributed by atoms with Crippen LogP contribution in [0.1, 0.15) is 0 Å². The summed E-state index contributed by atoms with van der Waals surface area (Å²) in [5.74, 6) is -1.53. The van der Waals surface area contributed by atoms with Crippen LogP contribution in [0.25, 0.3) is 0 Å². The number of carbonyl (C=O) groups is 1. The van der Waals surface area contributed by atoms with Gasteiger partial charge in [0.25, 0.3) is 0 Å². The van der Waals surface area contributed by atoms with E-state index in [0.717, 1.165) is 6.07 Å². The van der Waals surface area contributed by atoms with Gasteiger partial charge in [-0.1, -0.05) is 0 Å². The lowest BCUT2D eigenvalue weighted by Gasteiger charge is -2.17. The van der Waals surface area contributed by atoms with Crippen molar-refractivity contribution in [1.29, 1.82) is 0 Å². The molecule has 0 spiro atoms. The molecule has 0 fully saturated rings. The van der Waals surface area contributed by atoms with Gasteiger partial charge in [0.2, 0.25) is 0 Å². The summed E-state index contributed by atoms with van der Waals surface area (Å²) in [6.07, 6.45) is 0. The number of hydrogen-bond acceptors (Lipinski definition) is 3. The molecule has 0 aliphatic carbocycles. The van der Waals surface area contributed by atoms with Gasteiger partial charge in [-0.25, -0.2) is 4.39 Å². The van der Waals surface area contributed by atoms with Crippen molar-refractivity contribution >= 4 is 17.3 Å². The molecular formula is C9H11FN2O2. The summed E-state index contributed by atoms with van der Waals surface area (Å²) in [5.41, 5.74) is 5.89. The fourth-order valence-electron chi connectivity index (χ4n) is 1.12. The summed E-state index contributed by atoms with van der Waals surface area (Å²) in [6.45, 7) is -0.249. The van der Waals surface area contributed by atoms with E-state index in [9.17, 15) is 9.18 Å². The number of nitrogens with zero attached hydrogens (tertiary/aromatic N) is 1. The van der Waals surface area contributed by atoms with Gasteiger partial charge in [-0.15, -0.1) is 0 Å². The summed E-state index contributed by atoms with van der Waals surface area (Å²) in [5, 5.41) is 8.50. The fraction of sp³-hybridized carbons (Fsp3) is 0.222. The SMILES string of the molecule is CN(CC(=O)O)c1ccc(N)cc1F. The van der Waals surface area contributed by atoms with E-state index in [1.54, 1.807) is 0 Å². The maximum Gasteiger partial charge on any atom is 0.323 e. The third-order valence-corrected chi connectivity index (χ3v) is 1.76. The summed E-state index contributed by atoms with van der Waals surface area (Å²) in [6, 6.07) is 4.14. The van der Waals surface area contributed by atoms with Crippen molar-refractivity contribution in [1.82, 2.24) is 0 Å². The van der Waals surface area contributed by atoms with E-state index in [1.165, 1.54) is 24.1 Å². The number of benzene rings is 1. The monoisotopic (exact) mass is 198 g/mol. The molecule has 5 heteroatoms. The third kappa shape index (κ3) is 2.35. The molecule has 0 aliphatic rings. The van der Waals surface area contributed by atoms with Gasteiger partial charge >= 0.3 is 5.97 Å². The molecule has 4 nitrogen and oxygen atoms in total. The molecule has 0 atom stereocenters. The molecule has 3 N–H and O–H groups in total. The third-order valence-electron chi connectivity index (χ3n) is 1.76. The molecule has 0 aliphatic heterocycles. The van der Waals surface area contributed by atoms with Gasteiger partial charge in [0.1, 0.15) is 12.4 Å². The summed E-state index contributed by atoms with van der Waals surface area (Å²) in [7, 11) is 1.50. The highest BCUT2D eigenvalue weighted by Gasteiger charge is 2.10. The zero-order chi connectivity index (χ0) is 10.7. The Morgan fingerprint density at radius 2 is 2.29 bits per heavy atom. The van der Waals surface area contributed by atoms with Crippen LogP contribution in [0.4, 0.5) is 15.8 Å². The van der Waals surface area contributed by atoms with Crippen LogP contribution in [0.3, 0.4) is 0 Å². The number of likely N-dealkylation sites (N-methyl/N-ethyl adjacent to an activating group) is 1. The van der Waals surface area contributed by atoms with Gasteiger partial charge in [-0.05, 0) is 18.2 Å².